The van der Waals surface area contributed by atoms with Gasteiger partial charge in [0.15, 0.2) is 0 Å². The molecule has 0 bridgehead atoms. The lowest BCUT2D eigenvalue weighted by molar-refractivity contribution is -0.129. The average molecular weight is 454 g/mol. The number of amides is 1. The number of carbonyl (C=O) groups excluding carboxylic acids is 1. The summed E-state index contributed by atoms with van der Waals surface area (Å²) in [6, 6.07) is 30.2. The predicted molar refractivity (Wildman–Crippen MR) is 130 cm³/mol. The van der Waals surface area contributed by atoms with E-state index in [1.807, 2.05) is 84.9 Å². The number of hydrogen-bond acceptors (Lipinski definition) is 5. The molecule has 0 aromatic heterocycles. The van der Waals surface area contributed by atoms with E-state index in [-0.39, 0.29) is 18.2 Å². The average Bonchev–Trinajstić information content (AvgIpc) is 2.88. The van der Waals surface area contributed by atoms with E-state index in [0.29, 0.717) is 24.7 Å². The van der Waals surface area contributed by atoms with Crippen LogP contribution in [-0.2, 0) is 11.4 Å². The quantitative estimate of drug-likeness (QED) is 0.512. The van der Waals surface area contributed by atoms with Crippen LogP contribution < -0.4 is 9.64 Å². The summed E-state index contributed by atoms with van der Waals surface area (Å²) in [5.41, 5.74) is 3.75. The zero-order valence-corrected chi connectivity index (χ0v) is 18.9. The van der Waals surface area contributed by atoms with Crippen molar-refractivity contribution in [1.82, 2.24) is 4.90 Å². The number of anilines is 1. The molecule has 1 saturated heterocycles. The van der Waals surface area contributed by atoms with Crippen LogP contribution in [0.5, 0.6) is 5.75 Å². The normalized spacial score (nSPS) is 18.0. The molecule has 3 aromatic carbocycles. The largest absolute Gasteiger partial charge is 0.489 e. The number of nitrogens with zero attached hydrogens (tertiary/aromatic N) is 3. The Hall–Kier alpha value is -3.69. The van der Waals surface area contributed by atoms with Crippen LogP contribution in [0.2, 0.25) is 0 Å². The van der Waals surface area contributed by atoms with Crippen molar-refractivity contribution in [3.05, 3.63) is 107 Å². The Morgan fingerprint density at radius 3 is 2.52 bits per heavy atom. The second kappa shape index (κ2) is 9.43. The molecule has 1 atom stereocenters. The molecular weight excluding hydrogens is 430 g/mol. The van der Waals surface area contributed by atoms with E-state index in [4.69, 9.17) is 4.74 Å². The third-order valence-electron chi connectivity index (χ3n) is 5.92. The molecule has 1 amide bonds. The molecule has 0 aliphatic carbocycles. The number of thioether (sulfide) groups is 1. The molecule has 2 aliphatic heterocycles. The van der Waals surface area contributed by atoms with Gasteiger partial charge in [-0.2, -0.15) is 5.26 Å². The molecule has 5 nitrogen and oxygen atoms in total. The number of fused-ring (bicyclic) bond motifs is 1. The minimum absolute atomic E-state index is 0.0396. The lowest BCUT2D eigenvalue weighted by atomic mass is 9.86. The number of rotatable bonds is 5. The van der Waals surface area contributed by atoms with Gasteiger partial charge in [-0.1, -0.05) is 72.4 Å². The van der Waals surface area contributed by atoms with Crippen molar-refractivity contribution < 1.29 is 9.53 Å². The predicted octanol–water partition coefficient (Wildman–Crippen LogP) is 5.49. The molecule has 5 rings (SSSR count). The van der Waals surface area contributed by atoms with E-state index < -0.39 is 0 Å². The van der Waals surface area contributed by atoms with E-state index in [2.05, 4.69) is 11.0 Å². The first-order valence-corrected chi connectivity index (χ1v) is 11.9. The molecule has 0 unspecified atom stereocenters. The monoisotopic (exact) mass is 453 g/mol. The maximum atomic E-state index is 13.2. The minimum atomic E-state index is -0.259. The summed E-state index contributed by atoms with van der Waals surface area (Å²) in [5, 5.41) is 10.8. The first kappa shape index (κ1) is 21.2. The zero-order valence-electron chi connectivity index (χ0n) is 18.1. The Bertz CT molecular complexity index is 1220. The van der Waals surface area contributed by atoms with Crippen molar-refractivity contribution in [2.75, 3.05) is 17.4 Å². The van der Waals surface area contributed by atoms with Crippen LogP contribution in [-0.4, -0.2) is 23.4 Å². The van der Waals surface area contributed by atoms with Gasteiger partial charge >= 0.3 is 0 Å². The summed E-state index contributed by atoms with van der Waals surface area (Å²) in [7, 11) is 0. The number of ether oxygens (including phenoxy) is 1. The Labute approximate surface area is 197 Å². The molecule has 0 N–H and O–H groups in total. The molecule has 1 fully saturated rings. The van der Waals surface area contributed by atoms with Crippen LogP contribution in [0.25, 0.3) is 0 Å². The highest BCUT2D eigenvalue weighted by atomic mass is 32.2. The lowest BCUT2D eigenvalue weighted by Crippen LogP contribution is -2.47. The second-order valence-corrected chi connectivity index (χ2v) is 8.98. The lowest BCUT2D eigenvalue weighted by Gasteiger charge is -2.42. The van der Waals surface area contributed by atoms with E-state index in [9.17, 15) is 10.1 Å². The minimum Gasteiger partial charge on any atom is -0.489 e. The van der Waals surface area contributed by atoms with Gasteiger partial charge in [-0.3, -0.25) is 9.69 Å². The topological polar surface area (TPSA) is 56.6 Å². The summed E-state index contributed by atoms with van der Waals surface area (Å²) >= 11 is 1.55. The Morgan fingerprint density at radius 2 is 1.76 bits per heavy atom. The number of allylic oxidation sites excluding steroid dienone is 1. The first-order chi connectivity index (χ1) is 16.2. The molecule has 3 aromatic rings. The highest BCUT2D eigenvalue weighted by molar-refractivity contribution is 8.03. The number of nitriles is 1. The van der Waals surface area contributed by atoms with Gasteiger partial charge in [-0.15, -0.1) is 0 Å². The fraction of sp³-hybridized carbons (Fsp3) is 0.185. The molecule has 0 spiro atoms. The summed E-state index contributed by atoms with van der Waals surface area (Å²) < 4.78 is 5.98. The maximum Gasteiger partial charge on any atom is 0.229 e. The Morgan fingerprint density at radius 1 is 1.00 bits per heavy atom. The van der Waals surface area contributed by atoms with Crippen LogP contribution in [0.1, 0.15) is 23.5 Å². The van der Waals surface area contributed by atoms with Crippen molar-refractivity contribution in [3.8, 4) is 11.8 Å². The molecular formula is C27H23N3O2S. The summed E-state index contributed by atoms with van der Waals surface area (Å²) in [5.74, 6) is 1.21. The van der Waals surface area contributed by atoms with Gasteiger partial charge in [0.25, 0.3) is 0 Å². The molecule has 2 heterocycles. The fourth-order valence-corrected chi connectivity index (χ4v) is 5.38. The Balaban J connectivity index is 1.38. The molecule has 0 radical (unpaired) electrons. The molecule has 33 heavy (non-hydrogen) atoms. The molecule has 6 heteroatoms. The molecule has 164 valence electrons. The number of para-hydroxylation sites is 1. The van der Waals surface area contributed by atoms with Crippen molar-refractivity contribution in [2.45, 2.75) is 18.9 Å². The highest BCUT2D eigenvalue weighted by Gasteiger charge is 2.38. The maximum absolute atomic E-state index is 13.2. The smallest absolute Gasteiger partial charge is 0.229 e. The van der Waals surface area contributed by atoms with Crippen LogP contribution in [0, 0.1) is 11.3 Å². The van der Waals surface area contributed by atoms with Gasteiger partial charge < -0.3 is 9.64 Å². The second-order valence-electron chi connectivity index (χ2n) is 8.05. The SMILES string of the molecule is N#CC1=C2SCN(c3ccccc3)CN2C(=O)C[C@@H]1c1cccc(OCc2ccccc2)c1. The third-order valence-corrected chi connectivity index (χ3v) is 7.08. The number of carbonyl (C=O) groups is 1. The third kappa shape index (κ3) is 4.46. The highest BCUT2D eigenvalue weighted by Crippen LogP contribution is 2.43. The standard InChI is InChI=1S/C27H23N3O2S/c28-16-25-24(21-10-7-13-23(14-21)32-17-20-8-3-1-4-9-20)15-26(31)30-18-29(19-33-27(25)30)22-11-5-2-6-12-22/h1-14,24H,15,17-19H2/t24-/m1/s1. The number of hydrogen-bond donors (Lipinski definition) is 0. The summed E-state index contributed by atoms with van der Waals surface area (Å²) in [4.78, 5) is 17.1. The van der Waals surface area contributed by atoms with Gasteiger partial charge in [-0.25, -0.2) is 0 Å². The number of benzene rings is 3. The summed E-state index contributed by atoms with van der Waals surface area (Å²) in [6.45, 7) is 0.933. The van der Waals surface area contributed by atoms with E-state index in [1.54, 1.807) is 16.7 Å². The van der Waals surface area contributed by atoms with Crippen molar-refractivity contribution in [2.24, 2.45) is 0 Å². The van der Waals surface area contributed by atoms with Gasteiger partial charge in [0.1, 0.15) is 12.4 Å². The van der Waals surface area contributed by atoms with Gasteiger partial charge in [0.05, 0.1) is 29.2 Å². The van der Waals surface area contributed by atoms with Crippen LogP contribution >= 0.6 is 11.8 Å². The van der Waals surface area contributed by atoms with E-state index in [0.717, 1.165) is 27.6 Å². The van der Waals surface area contributed by atoms with E-state index >= 15 is 0 Å². The zero-order chi connectivity index (χ0) is 22.6. The van der Waals surface area contributed by atoms with E-state index in [1.165, 1.54) is 0 Å². The fourth-order valence-electron chi connectivity index (χ4n) is 4.21. The summed E-state index contributed by atoms with van der Waals surface area (Å²) in [6.07, 6.45) is 0.276. The van der Waals surface area contributed by atoms with Gasteiger partial charge in [0, 0.05) is 18.0 Å². The molecule has 0 saturated carbocycles. The van der Waals surface area contributed by atoms with Gasteiger partial charge in [0.2, 0.25) is 5.91 Å². The van der Waals surface area contributed by atoms with Crippen molar-refractivity contribution in [1.29, 1.82) is 5.26 Å². The van der Waals surface area contributed by atoms with Crippen molar-refractivity contribution in [3.63, 3.8) is 0 Å². The van der Waals surface area contributed by atoms with Crippen LogP contribution in [0.3, 0.4) is 0 Å². The molecule has 2 aliphatic rings. The Kier molecular flexibility index (Phi) is 6.05. The van der Waals surface area contributed by atoms with Crippen molar-refractivity contribution >= 4 is 23.4 Å². The van der Waals surface area contributed by atoms with Crippen LogP contribution in [0.4, 0.5) is 5.69 Å². The van der Waals surface area contributed by atoms with Crippen LogP contribution in [0.15, 0.2) is 95.5 Å². The first-order valence-electron chi connectivity index (χ1n) is 10.9. The van der Waals surface area contributed by atoms with Gasteiger partial charge in [-0.05, 0) is 35.4 Å².